The van der Waals surface area contributed by atoms with E-state index < -0.39 is 0 Å². The Labute approximate surface area is 105 Å². The highest BCUT2D eigenvalue weighted by Gasteiger charge is 2.21. The molecule has 2 N–H and O–H groups in total. The van der Waals surface area contributed by atoms with E-state index in [1.54, 1.807) is 18.2 Å². The number of anilines is 1. The number of benzene rings is 1. The van der Waals surface area contributed by atoms with Crippen LogP contribution in [0.25, 0.3) is 0 Å². The number of hydrazone groups is 1. The average Bonchev–Trinajstić information content (AvgIpc) is 2.80. The summed E-state index contributed by atoms with van der Waals surface area (Å²) in [6.07, 6.45) is 1.18. The van der Waals surface area contributed by atoms with Crippen molar-refractivity contribution in [3.63, 3.8) is 0 Å². The summed E-state index contributed by atoms with van der Waals surface area (Å²) in [5.74, 6) is 0.0283. The van der Waals surface area contributed by atoms with Crippen LogP contribution in [0.15, 0.2) is 23.3 Å². The van der Waals surface area contributed by atoms with Crippen molar-refractivity contribution in [1.29, 1.82) is 0 Å². The van der Waals surface area contributed by atoms with Crippen LogP contribution in [0.4, 0.5) is 5.69 Å². The van der Waals surface area contributed by atoms with E-state index in [9.17, 15) is 4.79 Å². The third-order valence-corrected chi connectivity index (χ3v) is 2.95. The topological polar surface area (TPSA) is 58.7 Å². The summed E-state index contributed by atoms with van der Waals surface area (Å²) in [6.45, 7) is 2.44. The summed E-state index contributed by atoms with van der Waals surface area (Å²) >= 11 is 5.93. The predicted molar refractivity (Wildman–Crippen MR) is 69.0 cm³/mol. The summed E-state index contributed by atoms with van der Waals surface area (Å²) in [7, 11) is 0. The highest BCUT2D eigenvalue weighted by Crippen LogP contribution is 2.23. The Morgan fingerprint density at radius 3 is 3.06 bits per heavy atom. The van der Waals surface area contributed by atoms with Crippen LogP contribution >= 0.6 is 11.6 Å². The Morgan fingerprint density at radius 1 is 1.59 bits per heavy atom. The van der Waals surface area contributed by atoms with E-state index in [1.807, 2.05) is 6.92 Å². The van der Waals surface area contributed by atoms with E-state index >= 15 is 0 Å². The van der Waals surface area contributed by atoms with Crippen LogP contribution < -0.4 is 5.73 Å². The van der Waals surface area contributed by atoms with Crippen molar-refractivity contribution in [2.45, 2.75) is 19.8 Å². The SMILES string of the molecule is CCC(=O)N1CCC(c2cc(Cl)ccc2N)=N1. The lowest BCUT2D eigenvalue weighted by Gasteiger charge is -2.08. The highest BCUT2D eigenvalue weighted by molar-refractivity contribution is 6.31. The molecule has 0 unspecified atom stereocenters. The van der Waals surface area contributed by atoms with Crippen LogP contribution in [-0.4, -0.2) is 23.2 Å². The van der Waals surface area contributed by atoms with E-state index in [0.29, 0.717) is 23.7 Å². The van der Waals surface area contributed by atoms with E-state index in [0.717, 1.165) is 17.7 Å². The normalized spacial score (nSPS) is 14.9. The first kappa shape index (κ1) is 11.9. The number of nitrogens with zero attached hydrogens (tertiary/aromatic N) is 2. The van der Waals surface area contributed by atoms with Gasteiger partial charge in [-0.1, -0.05) is 18.5 Å². The Balaban J connectivity index is 2.29. The third-order valence-electron chi connectivity index (χ3n) is 2.72. The maximum absolute atomic E-state index is 11.5. The minimum atomic E-state index is 0.0283. The Bertz CT molecular complexity index is 485. The van der Waals surface area contributed by atoms with Crippen molar-refractivity contribution in [2.24, 2.45) is 5.10 Å². The molecule has 1 aliphatic rings. The van der Waals surface area contributed by atoms with Gasteiger partial charge in [0.25, 0.3) is 0 Å². The van der Waals surface area contributed by atoms with Crippen LogP contribution in [0.2, 0.25) is 5.02 Å². The van der Waals surface area contributed by atoms with Gasteiger partial charge in [-0.15, -0.1) is 0 Å². The molecule has 0 radical (unpaired) electrons. The van der Waals surface area contributed by atoms with Gasteiger partial charge in [0.1, 0.15) is 0 Å². The van der Waals surface area contributed by atoms with Crippen LogP contribution in [0.3, 0.4) is 0 Å². The molecule has 0 spiro atoms. The fourth-order valence-electron chi connectivity index (χ4n) is 1.79. The van der Waals surface area contributed by atoms with Crippen LogP contribution in [0.1, 0.15) is 25.3 Å². The van der Waals surface area contributed by atoms with Crippen molar-refractivity contribution >= 4 is 28.9 Å². The largest absolute Gasteiger partial charge is 0.398 e. The van der Waals surface area contributed by atoms with Gasteiger partial charge in [0.15, 0.2) is 0 Å². The maximum Gasteiger partial charge on any atom is 0.242 e. The van der Waals surface area contributed by atoms with Gasteiger partial charge in [0.2, 0.25) is 5.91 Å². The summed E-state index contributed by atoms with van der Waals surface area (Å²) in [6, 6.07) is 5.28. The zero-order valence-corrected chi connectivity index (χ0v) is 10.4. The summed E-state index contributed by atoms with van der Waals surface area (Å²) < 4.78 is 0. The molecule has 0 bridgehead atoms. The lowest BCUT2D eigenvalue weighted by molar-refractivity contribution is -0.130. The highest BCUT2D eigenvalue weighted by atomic mass is 35.5. The first-order valence-corrected chi connectivity index (χ1v) is 5.93. The lowest BCUT2D eigenvalue weighted by atomic mass is 10.1. The monoisotopic (exact) mass is 251 g/mol. The smallest absolute Gasteiger partial charge is 0.242 e. The molecule has 17 heavy (non-hydrogen) atoms. The number of hydrogen-bond donors (Lipinski definition) is 1. The maximum atomic E-state index is 11.5. The number of halogens is 1. The molecule has 0 saturated heterocycles. The van der Waals surface area contributed by atoms with Crippen LogP contribution in [0.5, 0.6) is 0 Å². The van der Waals surface area contributed by atoms with Gasteiger partial charge in [0, 0.05) is 29.1 Å². The molecule has 2 rings (SSSR count). The standard InChI is InChI=1S/C12H14ClN3O/c1-2-12(17)16-6-5-11(15-16)9-7-8(13)3-4-10(9)14/h3-4,7H,2,5-6,14H2,1H3. The first-order valence-electron chi connectivity index (χ1n) is 5.55. The lowest BCUT2D eigenvalue weighted by Crippen LogP contribution is -2.21. The van der Waals surface area contributed by atoms with Crippen molar-refractivity contribution in [2.75, 3.05) is 12.3 Å². The fourth-order valence-corrected chi connectivity index (χ4v) is 1.96. The van der Waals surface area contributed by atoms with Crippen molar-refractivity contribution < 1.29 is 4.79 Å². The number of amides is 1. The molecule has 1 aliphatic heterocycles. The summed E-state index contributed by atoms with van der Waals surface area (Å²) in [5.41, 5.74) is 8.17. The number of carbonyl (C=O) groups is 1. The van der Waals surface area contributed by atoms with Crippen molar-refractivity contribution in [1.82, 2.24) is 5.01 Å². The number of nitrogen functional groups attached to an aromatic ring is 1. The molecule has 1 heterocycles. The molecule has 0 aliphatic carbocycles. The van der Waals surface area contributed by atoms with E-state index in [4.69, 9.17) is 17.3 Å². The van der Waals surface area contributed by atoms with Gasteiger partial charge in [-0.25, -0.2) is 5.01 Å². The van der Waals surface area contributed by atoms with Gasteiger partial charge in [-0.05, 0) is 18.2 Å². The second kappa shape index (κ2) is 4.75. The molecule has 0 atom stereocenters. The molecular weight excluding hydrogens is 238 g/mol. The second-order valence-corrected chi connectivity index (χ2v) is 4.34. The second-order valence-electron chi connectivity index (χ2n) is 3.90. The van der Waals surface area contributed by atoms with Crippen LogP contribution in [-0.2, 0) is 4.79 Å². The first-order chi connectivity index (χ1) is 8.11. The third kappa shape index (κ3) is 2.42. The van der Waals surface area contributed by atoms with Gasteiger partial charge < -0.3 is 5.73 Å². The fraction of sp³-hybridized carbons (Fsp3) is 0.333. The number of rotatable bonds is 2. The molecule has 0 saturated carbocycles. The van der Waals surface area contributed by atoms with Crippen molar-refractivity contribution in [3.8, 4) is 0 Å². The zero-order valence-electron chi connectivity index (χ0n) is 9.61. The predicted octanol–water partition coefficient (Wildman–Crippen LogP) is 2.27. The molecule has 1 aromatic rings. The molecule has 4 nitrogen and oxygen atoms in total. The molecule has 1 amide bonds. The minimum absolute atomic E-state index is 0.0283. The summed E-state index contributed by atoms with van der Waals surface area (Å²) in [5, 5.41) is 6.41. The van der Waals surface area contributed by atoms with E-state index in [2.05, 4.69) is 5.10 Å². The van der Waals surface area contributed by atoms with E-state index in [-0.39, 0.29) is 5.91 Å². The van der Waals surface area contributed by atoms with Gasteiger partial charge in [-0.3, -0.25) is 4.79 Å². The van der Waals surface area contributed by atoms with Crippen molar-refractivity contribution in [3.05, 3.63) is 28.8 Å². The number of nitrogens with two attached hydrogens (primary N) is 1. The summed E-state index contributed by atoms with van der Waals surface area (Å²) in [4.78, 5) is 11.5. The Hall–Kier alpha value is -1.55. The van der Waals surface area contributed by atoms with Crippen LogP contribution in [0, 0.1) is 0 Å². The molecule has 0 fully saturated rings. The van der Waals surface area contributed by atoms with Gasteiger partial charge in [-0.2, -0.15) is 5.10 Å². The molecule has 5 heteroatoms. The minimum Gasteiger partial charge on any atom is -0.398 e. The van der Waals surface area contributed by atoms with E-state index in [1.165, 1.54) is 5.01 Å². The Kier molecular flexibility index (Phi) is 3.33. The molecule has 1 aromatic carbocycles. The average molecular weight is 252 g/mol. The zero-order chi connectivity index (χ0) is 12.4. The quantitative estimate of drug-likeness (QED) is 0.820. The Morgan fingerprint density at radius 2 is 2.35 bits per heavy atom. The number of hydrogen-bond acceptors (Lipinski definition) is 3. The number of carbonyl (C=O) groups excluding carboxylic acids is 1. The van der Waals surface area contributed by atoms with Gasteiger partial charge in [0.05, 0.1) is 12.3 Å². The molecule has 0 aromatic heterocycles. The van der Waals surface area contributed by atoms with Gasteiger partial charge >= 0.3 is 0 Å². The molecular formula is C12H14ClN3O. The molecule has 90 valence electrons.